The summed E-state index contributed by atoms with van der Waals surface area (Å²) in [6, 6.07) is 7.36. The van der Waals surface area contributed by atoms with Crippen LogP contribution in [-0.2, 0) is 38.8 Å². The van der Waals surface area contributed by atoms with Crippen LogP contribution >= 0.6 is 12.2 Å². The second kappa shape index (κ2) is 8.22. The summed E-state index contributed by atoms with van der Waals surface area (Å²) in [5, 5.41) is 8.78. The van der Waals surface area contributed by atoms with E-state index in [0.29, 0.717) is 36.2 Å². The van der Waals surface area contributed by atoms with Gasteiger partial charge in [0.05, 0.1) is 0 Å². The number of nitrogens with zero attached hydrogens (tertiary/aromatic N) is 1. The first-order valence-electron chi connectivity index (χ1n) is 5.66. The summed E-state index contributed by atoms with van der Waals surface area (Å²) in [6.07, 6.45) is 3.86. The van der Waals surface area contributed by atoms with Crippen LogP contribution < -0.4 is 3.07 Å². The molecule has 2 nitrogen and oxygen atoms in total. The van der Waals surface area contributed by atoms with Gasteiger partial charge < -0.3 is 29.7 Å². The van der Waals surface area contributed by atoms with Gasteiger partial charge in [0.15, 0.2) is 0 Å². The molecule has 0 saturated carbocycles. The summed E-state index contributed by atoms with van der Waals surface area (Å²) in [7, 11) is 0. The van der Waals surface area contributed by atoms with Crippen molar-refractivity contribution in [3.8, 4) is 5.75 Å². The number of phenols is 1. The Morgan fingerprint density at radius 1 is 1.18 bits per heavy atom. The van der Waals surface area contributed by atoms with Gasteiger partial charge in [0.1, 0.15) is 0 Å². The van der Waals surface area contributed by atoms with Gasteiger partial charge in [-0.25, -0.2) is 0 Å². The zero-order valence-electron chi connectivity index (χ0n) is 9.76. The van der Waals surface area contributed by atoms with Crippen molar-refractivity contribution in [2.45, 2.75) is 19.3 Å². The predicted octanol–water partition coefficient (Wildman–Crippen LogP) is 1.87. The number of likely N-dealkylation sites (tertiary alicyclic amines) is 1. The molecule has 0 aromatic heterocycles. The topological polar surface area (TPSA) is 23.5 Å². The van der Waals surface area contributed by atoms with E-state index in [9.17, 15) is 0 Å². The third-order valence-electron chi connectivity index (χ3n) is 2.55. The maximum absolute atomic E-state index is 8.78. The quantitative estimate of drug-likeness (QED) is 0.368. The number of phenolic OH excluding ortho intramolecular Hbond substituents is 1. The molecule has 1 aromatic carbocycles. The van der Waals surface area contributed by atoms with E-state index in [0.717, 1.165) is 13.1 Å². The van der Waals surface area contributed by atoms with Crippen molar-refractivity contribution < 1.29 is 31.2 Å². The first-order chi connectivity index (χ1) is 8.09. The SMILES string of the molecule is Oc1cc[c]([Hg+])cc1.S=C([S-])N1CCCCC1. The molecular weight excluding hydrogens is 439 g/mol. The number of piperidine rings is 1. The second-order valence-corrected chi connectivity index (χ2v) is 8.19. The maximum atomic E-state index is 8.78. The van der Waals surface area contributed by atoms with Crippen LogP contribution in [0.5, 0.6) is 5.75 Å². The molecular formula is C12H15HgNOS2. The molecule has 1 fully saturated rings. The number of rotatable bonds is 0. The molecule has 0 spiro atoms. The largest absolute Gasteiger partial charge is 0.411 e. The molecule has 0 aliphatic carbocycles. The fourth-order valence-electron chi connectivity index (χ4n) is 1.57. The molecule has 1 aliphatic rings. The summed E-state index contributed by atoms with van der Waals surface area (Å²) in [6.45, 7) is 2.17. The Bertz CT molecular complexity index is 329. The van der Waals surface area contributed by atoms with Crippen LogP contribution in [0.2, 0.25) is 0 Å². The van der Waals surface area contributed by atoms with E-state index in [1.54, 1.807) is 12.1 Å². The van der Waals surface area contributed by atoms with Crippen molar-refractivity contribution in [1.29, 1.82) is 0 Å². The average molecular weight is 454 g/mol. The van der Waals surface area contributed by atoms with Crippen molar-refractivity contribution in [2.24, 2.45) is 0 Å². The first-order valence-corrected chi connectivity index (χ1v) is 9.23. The monoisotopic (exact) mass is 455 g/mol. The molecule has 0 amide bonds. The first kappa shape index (κ1) is 15.1. The molecule has 1 aromatic rings. The van der Waals surface area contributed by atoms with Crippen molar-refractivity contribution >= 4 is 32.2 Å². The van der Waals surface area contributed by atoms with Gasteiger partial charge >= 0.3 is 64.3 Å². The van der Waals surface area contributed by atoms with E-state index < -0.39 is 0 Å². The minimum atomic E-state index is 0.360. The number of benzene rings is 1. The van der Waals surface area contributed by atoms with Crippen LogP contribution in [0.15, 0.2) is 24.3 Å². The maximum Gasteiger partial charge on any atom is 0.0162 e. The minimum absolute atomic E-state index is 0.360. The van der Waals surface area contributed by atoms with Crippen LogP contribution in [0.4, 0.5) is 0 Å². The van der Waals surface area contributed by atoms with Crippen LogP contribution in [0.1, 0.15) is 19.3 Å². The molecule has 0 bridgehead atoms. The van der Waals surface area contributed by atoms with Gasteiger partial charge in [-0.05, 0) is 19.3 Å². The Kier molecular flexibility index (Phi) is 7.31. The molecule has 1 saturated heterocycles. The standard InChI is InChI=1S/C6H11NS2.C6H5O.Hg/c8-6(9)7-4-2-1-3-5-7;7-6-4-2-1-3-5-6;/h1-5H2,(H,8,9);2-5,7H;/q;;+1/p-1. The van der Waals surface area contributed by atoms with Crippen LogP contribution in [0.3, 0.4) is 0 Å². The molecule has 17 heavy (non-hydrogen) atoms. The van der Waals surface area contributed by atoms with Gasteiger partial charge in [-0.3, -0.25) is 0 Å². The Morgan fingerprint density at radius 2 is 1.71 bits per heavy atom. The van der Waals surface area contributed by atoms with Crippen molar-refractivity contribution in [3.05, 3.63) is 24.3 Å². The molecule has 0 radical (unpaired) electrons. The molecule has 0 atom stereocenters. The average Bonchev–Trinajstić information content (AvgIpc) is 2.35. The Balaban J connectivity index is 0.000000171. The van der Waals surface area contributed by atoms with Crippen molar-refractivity contribution in [3.63, 3.8) is 0 Å². The Labute approximate surface area is 130 Å². The molecule has 1 aliphatic heterocycles. The molecule has 0 unspecified atom stereocenters. The third kappa shape index (κ3) is 6.53. The van der Waals surface area contributed by atoms with Gasteiger partial charge in [0.2, 0.25) is 0 Å². The zero-order valence-corrected chi connectivity index (χ0v) is 16.9. The van der Waals surface area contributed by atoms with Crippen LogP contribution in [-0.4, -0.2) is 27.4 Å². The molecule has 1 heterocycles. The van der Waals surface area contributed by atoms with Crippen LogP contribution in [0.25, 0.3) is 0 Å². The molecule has 88 valence electrons. The van der Waals surface area contributed by atoms with Crippen LogP contribution in [0, 0.1) is 0 Å². The van der Waals surface area contributed by atoms with E-state index in [1.165, 1.54) is 22.3 Å². The summed E-state index contributed by atoms with van der Waals surface area (Å²) >= 11 is 10.4. The number of hydrogen-bond donors (Lipinski definition) is 1. The molecule has 5 heteroatoms. The third-order valence-corrected chi connectivity index (χ3v) is 4.90. The van der Waals surface area contributed by atoms with Gasteiger partial charge in [-0.1, -0.05) is 4.32 Å². The van der Waals surface area contributed by atoms with Gasteiger partial charge in [0.25, 0.3) is 0 Å². The van der Waals surface area contributed by atoms with Crippen molar-refractivity contribution in [1.82, 2.24) is 4.90 Å². The fourth-order valence-corrected chi connectivity index (χ4v) is 2.85. The normalized spacial score (nSPS) is 14.8. The summed E-state index contributed by atoms with van der Waals surface area (Å²) in [5.74, 6) is 0.360. The Morgan fingerprint density at radius 3 is 2.06 bits per heavy atom. The second-order valence-electron chi connectivity index (χ2n) is 3.98. The molecule has 1 N–H and O–H groups in total. The summed E-state index contributed by atoms with van der Waals surface area (Å²) in [5.41, 5.74) is 0. The van der Waals surface area contributed by atoms with E-state index in [1.807, 2.05) is 12.1 Å². The van der Waals surface area contributed by atoms with E-state index >= 15 is 0 Å². The minimum Gasteiger partial charge on any atom is -0.411 e. The summed E-state index contributed by atoms with van der Waals surface area (Å²) in [4.78, 5) is 2.11. The van der Waals surface area contributed by atoms with E-state index in [4.69, 9.17) is 30.0 Å². The summed E-state index contributed by atoms with van der Waals surface area (Å²) < 4.78 is 2.01. The van der Waals surface area contributed by atoms with Gasteiger partial charge in [-0.15, -0.1) is 0 Å². The Hall–Kier alpha value is 0.0651. The van der Waals surface area contributed by atoms with E-state index in [2.05, 4.69) is 4.90 Å². The zero-order chi connectivity index (χ0) is 12.7. The number of hydrogen-bond acceptors (Lipinski definition) is 3. The van der Waals surface area contributed by atoms with Crippen molar-refractivity contribution in [2.75, 3.05) is 13.1 Å². The predicted molar refractivity (Wildman–Crippen MR) is 73.1 cm³/mol. The van der Waals surface area contributed by atoms with Gasteiger partial charge in [-0.2, -0.15) is 0 Å². The van der Waals surface area contributed by atoms with Gasteiger partial charge in [0, 0.05) is 13.1 Å². The fraction of sp³-hybridized carbons (Fsp3) is 0.417. The number of aromatic hydroxyl groups is 1. The number of thiocarbonyl (C=S) groups is 1. The smallest absolute Gasteiger partial charge is 0.0162 e. The van der Waals surface area contributed by atoms with E-state index in [-0.39, 0.29) is 0 Å². The molecule has 2 rings (SSSR count).